The maximum Gasteiger partial charge on any atom is 0.192 e. The molecule has 1 aromatic carbocycles. The Hall–Kier alpha value is -1.49. The van der Waals surface area contributed by atoms with Gasteiger partial charge in [0.1, 0.15) is 0 Å². The van der Waals surface area contributed by atoms with E-state index in [1.54, 1.807) is 0 Å². The van der Waals surface area contributed by atoms with E-state index in [9.17, 15) is 0 Å². The van der Waals surface area contributed by atoms with Crippen LogP contribution in [0.15, 0.2) is 18.2 Å². The molecule has 0 radical (unpaired) electrons. The standard InChI is InChI=1S/C16H22N2/c1-16(2,3)14-9-8-13(12-15(14)17-4)18-10-6-5-7-11-18/h8-9,12H,5-7,10-11H2,1-3H3. The fraction of sp³-hybridized carbons (Fsp3) is 0.562. The quantitative estimate of drug-likeness (QED) is 0.657. The van der Waals surface area contributed by atoms with Gasteiger partial charge in [-0.2, -0.15) is 0 Å². The minimum Gasteiger partial charge on any atom is -0.373 e. The zero-order valence-electron chi connectivity index (χ0n) is 11.7. The van der Waals surface area contributed by atoms with Gasteiger partial charge in [-0.05, 0) is 42.4 Å². The van der Waals surface area contributed by atoms with Crippen LogP contribution in [0.3, 0.4) is 0 Å². The summed E-state index contributed by atoms with van der Waals surface area (Å²) in [5.41, 5.74) is 3.22. The normalized spacial score (nSPS) is 16.4. The molecule has 1 aromatic rings. The second-order valence-electron chi connectivity index (χ2n) is 6.11. The summed E-state index contributed by atoms with van der Waals surface area (Å²) < 4.78 is 0. The van der Waals surface area contributed by atoms with E-state index in [0.29, 0.717) is 0 Å². The SMILES string of the molecule is [C-]#[N+]c1cc(N2CCCCC2)ccc1C(C)(C)C. The molecule has 1 heterocycles. The molecule has 0 aliphatic carbocycles. The van der Waals surface area contributed by atoms with Crippen molar-refractivity contribution in [1.29, 1.82) is 0 Å². The molecule has 1 aliphatic rings. The van der Waals surface area contributed by atoms with Gasteiger partial charge in [-0.15, -0.1) is 0 Å². The number of benzene rings is 1. The molecule has 18 heavy (non-hydrogen) atoms. The van der Waals surface area contributed by atoms with Crippen molar-refractivity contribution >= 4 is 11.4 Å². The fourth-order valence-corrected chi connectivity index (χ4v) is 2.60. The van der Waals surface area contributed by atoms with E-state index in [1.165, 1.54) is 24.9 Å². The second-order valence-corrected chi connectivity index (χ2v) is 6.11. The van der Waals surface area contributed by atoms with E-state index in [2.05, 4.69) is 48.7 Å². The summed E-state index contributed by atoms with van der Waals surface area (Å²) in [5.74, 6) is 0. The van der Waals surface area contributed by atoms with Crippen LogP contribution in [0, 0.1) is 6.57 Å². The van der Waals surface area contributed by atoms with Crippen molar-refractivity contribution in [3.05, 3.63) is 35.2 Å². The van der Waals surface area contributed by atoms with E-state index in [1.807, 2.05) is 0 Å². The molecular weight excluding hydrogens is 220 g/mol. The van der Waals surface area contributed by atoms with Crippen molar-refractivity contribution in [3.8, 4) is 0 Å². The highest BCUT2D eigenvalue weighted by Crippen LogP contribution is 2.35. The molecule has 0 bridgehead atoms. The smallest absolute Gasteiger partial charge is 0.192 e. The summed E-state index contributed by atoms with van der Waals surface area (Å²) in [5, 5.41) is 0. The van der Waals surface area contributed by atoms with Crippen molar-refractivity contribution in [2.75, 3.05) is 18.0 Å². The number of rotatable bonds is 1. The number of hydrogen-bond acceptors (Lipinski definition) is 1. The van der Waals surface area contributed by atoms with E-state index in [-0.39, 0.29) is 5.41 Å². The Labute approximate surface area is 110 Å². The van der Waals surface area contributed by atoms with Gasteiger partial charge in [0.25, 0.3) is 0 Å². The van der Waals surface area contributed by atoms with Crippen molar-refractivity contribution in [1.82, 2.24) is 0 Å². The van der Waals surface area contributed by atoms with Crippen LogP contribution in [0.25, 0.3) is 4.85 Å². The first-order valence-electron chi connectivity index (χ1n) is 6.79. The number of anilines is 1. The summed E-state index contributed by atoms with van der Waals surface area (Å²) in [6.45, 7) is 16.1. The zero-order chi connectivity index (χ0) is 13.2. The van der Waals surface area contributed by atoms with Crippen molar-refractivity contribution in [2.45, 2.75) is 45.4 Å². The average molecular weight is 242 g/mol. The van der Waals surface area contributed by atoms with Gasteiger partial charge in [0.15, 0.2) is 5.69 Å². The highest BCUT2D eigenvalue weighted by molar-refractivity contribution is 5.64. The summed E-state index contributed by atoms with van der Waals surface area (Å²) in [7, 11) is 0. The Bertz CT molecular complexity index is 457. The molecule has 1 fully saturated rings. The van der Waals surface area contributed by atoms with Gasteiger partial charge in [0, 0.05) is 18.8 Å². The lowest BCUT2D eigenvalue weighted by Gasteiger charge is -2.30. The first-order valence-corrected chi connectivity index (χ1v) is 6.79. The topological polar surface area (TPSA) is 7.60 Å². The molecular formula is C16H22N2. The van der Waals surface area contributed by atoms with Crippen LogP contribution < -0.4 is 4.90 Å². The molecule has 1 saturated heterocycles. The summed E-state index contributed by atoms with van der Waals surface area (Å²) in [6, 6.07) is 6.39. The lowest BCUT2D eigenvalue weighted by molar-refractivity contribution is 0.576. The molecule has 0 spiro atoms. The lowest BCUT2D eigenvalue weighted by Crippen LogP contribution is -2.29. The number of nitrogens with zero attached hydrogens (tertiary/aromatic N) is 2. The zero-order valence-corrected chi connectivity index (χ0v) is 11.7. The third-order valence-electron chi connectivity index (χ3n) is 3.63. The van der Waals surface area contributed by atoms with Crippen LogP contribution in [0.2, 0.25) is 0 Å². The van der Waals surface area contributed by atoms with E-state index >= 15 is 0 Å². The molecule has 0 amide bonds. The van der Waals surface area contributed by atoms with Gasteiger partial charge in [0.2, 0.25) is 0 Å². The second kappa shape index (κ2) is 5.02. The average Bonchev–Trinajstić information content (AvgIpc) is 2.38. The maximum absolute atomic E-state index is 7.38. The van der Waals surface area contributed by atoms with Crippen LogP contribution in [0.5, 0.6) is 0 Å². The molecule has 0 saturated carbocycles. The minimum atomic E-state index is 0.0420. The van der Waals surface area contributed by atoms with Gasteiger partial charge in [0.05, 0.1) is 6.57 Å². The highest BCUT2D eigenvalue weighted by atomic mass is 15.1. The number of piperidine rings is 1. The van der Waals surface area contributed by atoms with Gasteiger partial charge in [-0.3, -0.25) is 0 Å². The molecule has 2 rings (SSSR count). The highest BCUT2D eigenvalue weighted by Gasteiger charge is 2.19. The van der Waals surface area contributed by atoms with Gasteiger partial charge in [-0.1, -0.05) is 26.8 Å². The Balaban J connectivity index is 2.33. The largest absolute Gasteiger partial charge is 0.373 e. The van der Waals surface area contributed by atoms with E-state index in [0.717, 1.165) is 24.3 Å². The van der Waals surface area contributed by atoms with E-state index < -0.39 is 0 Å². The van der Waals surface area contributed by atoms with Crippen LogP contribution >= 0.6 is 0 Å². The molecule has 0 atom stereocenters. The molecule has 0 aromatic heterocycles. The Morgan fingerprint density at radius 1 is 1.11 bits per heavy atom. The molecule has 1 aliphatic heterocycles. The first kappa shape index (κ1) is 13.0. The molecule has 0 unspecified atom stereocenters. The lowest BCUT2D eigenvalue weighted by atomic mass is 9.85. The van der Waals surface area contributed by atoms with Gasteiger partial charge in [-0.25, -0.2) is 4.85 Å². The predicted octanol–water partition coefficient (Wildman–Crippen LogP) is 4.53. The third kappa shape index (κ3) is 2.67. The molecule has 0 N–H and O–H groups in total. The number of hydrogen-bond donors (Lipinski definition) is 0. The summed E-state index contributed by atoms with van der Waals surface area (Å²) >= 11 is 0. The Morgan fingerprint density at radius 2 is 1.78 bits per heavy atom. The van der Waals surface area contributed by atoms with Crippen molar-refractivity contribution in [2.24, 2.45) is 0 Å². The summed E-state index contributed by atoms with van der Waals surface area (Å²) in [6.07, 6.45) is 3.88. The van der Waals surface area contributed by atoms with E-state index in [4.69, 9.17) is 6.57 Å². The third-order valence-corrected chi connectivity index (χ3v) is 3.63. The van der Waals surface area contributed by atoms with Gasteiger partial charge < -0.3 is 4.90 Å². The maximum atomic E-state index is 7.38. The Morgan fingerprint density at radius 3 is 2.33 bits per heavy atom. The summed E-state index contributed by atoms with van der Waals surface area (Å²) in [4.78, 5) is 6.12. The first-order chi connectivity index (χ1) is 8.52. The van der Waals surface area contributed by atoms with Crippen LogP contribution in [-0.2, 0) is 5.41 Å². The predicted molar refractivity (Wildman–Crippen MR) is 77.5 cm³/mol. The Kier molecular flexibility index (Phi) is 3.61. The fourth-order valence-electron chi connectivity index (χ4n) is 2.60. The van der Waals surface area contributed by atoms with Crippen molar-refractivity contribution < 1.29 is 0 Å². The van der Waals surface area contributed by atoms with Crippen LogP contribution in [0.1, 0.15) is 45.6 Å². The monoisotopic (exact) mass is 242 g/mol. The minimum absolute atomic E-state index is 0.0420. The van der Waals surface area contributed by atoms with Crippen molar-refractivity contribution in [3.63, 3.8) is 0 Å². The van der Waals surface area contributed by atoms with Crippen LogP contribution in [-0.4, -0.2) is 13.1 Å². The molecule has 96 valence electrons. The van der Waals surface area contributed by atoms with Crippen LogP contribution in [0.4, 0.5) is 11.4 Å². The van der Waals surface area contributed by atoms with Gasteiger partial charge >= 0.3 is 0 Å². The molecule has 2 nitrogen and oxygen atoms in total. The molecule has 2 heteroatoms.